The first-order chi connectivity index (χ1) is 11.8. The van der Waals surface area contributed by atoms with Crippen LogP contribution in [0.5, 0.6) is 0 Å². The number of nitrogens with one attached hydrogen (secondary N) is 1. The van der Waals surface area contributed by atoms with Crippen LogP contribution in [0.4, 0.5) is 18.0 Å². The third-order valence-electron chi connectivity index (χ3n) is 4.50. The van der Waals surface area contributed by atoms with Crippen LogP contribution in [0.15, 0.2) is 24.3 Å². The summed E-state index contributed by atoms with van der Waals surface area (Å²) in [5.74, 6) is -0.487. The SMILES string of the molecule is O=C(CN1C[C@@H](O)C[C@H]1c1ccccc1C(F)(F)F)N1CCNC1=O. The fourth-order valence-corrected chi connectivity index (χ4v) is 3.39. The molecule has 0 bridgehead atoms. The van der Waals surface area contributed by atoms with E-state index in [1.54, 1.807) is 0 Å². The zero-order valence-electron chi connectivity index (χ0n) is 13.3. The summed E-state index contributed by atoms with van der Waals surface area (Å²) in [6, 6.07) is 3.93. The number of amides is 3. The highest BCUT2D eigenvalue weighted by molar-refractivity contribution is 5.96. The average molecular weight is 357 g/mol. The van der Waals surface area contributed by atoms with Gasteiger partial charge in [-0.05, 0) is 18.1 Å². The monoisotopic (exact) mass is 357 g/mol. The molecule has 0 aliphatic carbocycles. The summed E-state index contributed by atoms with van der Waals surface area (Å²) in [6.45, 7) is 0.449. The number of benzene rings is 1. The largest absolute Gasteiger partial charge is 0.416 e. The molecule has 2 fully saturated rings. The number of nitrogens with zero attached hydrogens (tertiary/aromatic N) is 2. The van der Waals surface area contributed by atoms with E-state index in [-0.39, 0.29) is 31.6 Å². The molecule has 1 aromatic rings. The van der Waals surface area contributed by atoms with Crippen LogP contribution in [-0.2, 0) is 11.0 Å². The van der Waals surface area contributed by atoms with Gasteiger partial charge in [0.1, 0.15) is 0 Å². The van der Waals surface area contributed by atoms with Crippen LogP contribution < -0.4 is 5.32 Å². The first-order valence-corrected chi connectivity index (χ1v) is 7.94. The van der Waals surface area contributed by atoms with Gasteiger partial charge in [0.05, 0.1) is 18.2 Å². The number of aliphatic hydroxyl groups is 1. The van der Waals surface area contributed by atoms with Crippen LogP contribution in [0.1, 0.15) is 23.6 Å². The molecule has 136 valence electrons. The Morgan fingerprint density at radius 2 is 2.04 bits per heavy atom. The van der Waals surface area contributed by atoms with Crippen molar-refractivity contribution in [1.82, 2.24) is 15.1 Å². The summed E-state index contributed by atoms with van der Waals surface area (Å²) in [7, 11) is 0. The van der Waals surface area contributed by atoms with Crippen molar-refractivity contribution in [3.63, 3.8) is 0 Å². The van der Waals surface area contributed by atoms with Gasteiger partial charge in [-0.25, -0.2) is 4.79 Å². The molecule has 9 heteroatoms. The van der Waals surface area contributed by atoms with E-state index in [4.69, 9.17) is 0 Å². The highest BCUT2D eigenvalue weighted by Gasteiger charge is 2.41. The van der Waals surface area contributed by atoms with E-state index in [0.717, 1.165) is 11.0 Å². The number of carbonyl (C=O) groups is 2. The van der Waals surface area contributed by atoms with Crippen molar-refractivity contribution in [1.29, 1.82) is 0 Å². The lowest BCUT2D eigenvalue weighted by Crippen LogP contribution is -2.42. The van der Waals surface area contributed by atoms with Gasteiger partial charge in [-0.15, -0.1) is 0 Å². The number of rotatable bonds is 3. The fraction of sp³-hybridized carbons (Fsp3) is 0.500. The van der Waals surface area contributed by atoms with E-state index in [0.29, 0.717) is 6.54 Å². The van der Waals surface area contributed by atoms with Crippen molar-refractivity contribution in [3.05, 3.63) is 35.4 Å². The number of carbonyl (C=O) groups excluding carboxylic acids is 2. The molecule has 2 N–H and O–H groups in total. The van der Waals surface area contributed by atoms with E-state index in [2.05, 4.69) is 5.32 Å². The van der Waals surface area contributed by atoms with Gasteiger partial charge in [0.15, 0.2) is 0 Å². The van der Waals surface area contributed by atoms with Crippen molar-refractivity contribution < 1.29 is 27.9 Å². The standard InChI is InChI=1S/C16H18F3N3O3/c17-16(18,19)12-4-2-1-3-11(12)13-7-10(23)8-21(13)9-14(24)22-6-5-20-15(22)25/h1-4,10,13,23H,5-9H2,(H,20,25)/t10-,13-/m0/s1. The third-order valence-corrected chi connectivity index (χ3v) is 4.50. The summed E-state index contributed by atoms with van der Waals surface area (Å²) >= 11 is 0. The van der Waals surface area contributed by atoms with Crippen LogP contribution >= 0.6 is 0 Å². The van der Waals surface area contributed by atoms with E-state index < -0.39 is 35.8 Å². The lowest BCUT2D eigenvalue weighted by atomic mass is 9.97. The minimum absolute atomic E-state index is 0.0326. The number of hydrogen-bond donors (Lipinski definition) is 2. The van der Waals surface area contributed by atoms with Crippen LogP contribution in [0.3, 0.4) is 0 Å². The molecule has 2 aliphatic heterocycles. The van der Waals surface area contributed by atoms with Gasteiger partial charge in [0.2, 0.25) is 5.91 Å². The summed E-state index contributed by atoms with van der Waals surface area (Å²) in [6.07, 6.45) is -5.24. The van der Waals surface area contributed by atoms with E-state index in [1.807, 2.05) is 0 Å². The van der Waals surface area contributed by atoms with Gasteiger partial charge in [-0.2, -0.15) is 13.2 Å². The number of alkyl halides is 3. The van der Waals surface area contributed by atoms with Gasteiger partial charge in [0, 0.05) is 25.7 Å². The predicted molar refractivity (Wildman–Crippen MR) is 81.5 cm³/mol. The summed E-state index contributed by atoms with van der Waals surface area (Å²) in [5, 5.41) is 12.4. The van der Waals surface area contributed by atoms with Crippen molar-refractivity contribution in [2.45, 2.75) is 24.7 Å². The number of likely N-dealkylation sites (tertiary alicyclic amines) is 1. The Morgan fingerprint density at radius 3 is 2.68 bits per heavy atom. The van der Waals surface area contributed by atoms with E-state index >= 15 is 0 Å². The topological polar surface area (TPSA) is 72.9 Å². The maximum absolute atomic E-state index is 13.3. The summed E-state index contributed by atoms with van der Waals surface area (Å²) in [4.78, 5) is 26.4. The van der Waals surface area contributed by atoms with Crippen LogP contribution in [0, 0.1) is 0 Å². The fourth-order valence-electron chi connectivity index (χ4n) is 3.39. The Bertz CT molecular complexity index is 680. The molecular formula is C16H18F3N3O3. The molecule has 0 unspecified atom stereocenters. The van der Waals surface area contributed by atoms with Gasteiger partial charge in [0.25, 0.3) is 0 Å². The highest BCUT2D eigenvalue weighted by Crippen LogP contribution is 2.40. The molecule has 25 heavy (non-hydrogen) atoms. The number of urea groups is 1. The molecule has 0 radical (unpaired) electrons. The molecule has 0 spiro atoms. The second kappa shape index (κ2) is 6.64. The molecule has 2 atom stereocenters. The average Bonchev–Trinajstić information content (AvgIpc) is 3.12. The molecule has 3 rings (SSSR count). The minimum Gasteiger partial charge on any atom is -0.392 e. The van der Waals surface area contributed by atoms with Crippen molar-refractivity contribution >= 4 is 11.9 Å². The smallest absolute Gasteiger partial charge is 0.392 e. The lowest BCUT2D eigenvalue weighted by molar-refractivity contribution is -0.138. The molecule has 0 aromatic heterocycles. The molecule has 6 nitrogen and oxygen atoms in total. The van der Waals surface area contributed by atoms with E-state index in [1.165, 1.54) is 23.1 Å². The molecule has 2 heterocycles. The normalized spacial score (nSPS) is 24.6. The number of hydrogen-bond acceptors (Lipinski definition) is 4. The minimum atomic E-state index is -4.52. The predicted octanol–water partition coefficient (Wildman–Crippen LogP) is 1.36. The number of aliphatic hydroxyl groups excluding tert-OH is 1. The number of halogens is 3. The Labute approximate surface area is 142 Å². The van der Waals surface area contributed by atoms with Crippen molar-refractivity contribution in [2.24, 2.45) is 0 Å². The maximum atomic E-state index is 13.3. The van der Waals surface area contributed by atoms with Gasteiger partial charge in [-0.3, -0.25) is 14.6 Å². The first kappa shape index (κ1) is 17.7. The van der Waals surface area contributed by atoms with Crippen LogP contribution in [0.25, 0.3) is 0 Å². The second-order valence-electron chi connectivity index (χ2n) is 6.20. The highest BCUT2D eigenvalue weighted by atomic mass is 19.4. The molecule has 2 aliphatic rings. The Morgan fingerprint density at radius 1 is 1.32 bits per heavy atom. The molecule has 3 amide bonds. The van der Waals surface area contributed by atoms with Crippen molar-refractivity contribution in [2.75, 3.05) is 26.2 Å². The van der Waals surface area contributed by atoms with E-state index in [9.17, 15) is 27.9 Å². The van der Waals surface area contributed by atoms with Gasteiger partial charge < -0.3 is 10.4 Å². The Balaban J connectivity index is 1.83. The zero-order chi connectivity index (χ0) is 18.2. The maximum Gasteiger partial charge on any atom is 0.416 e. The molecule has 0 saturated carbocycles. The third kappa shape index (κ3) is 3.62. The van der Waals surface area contributed by atoms with Crippen LogP contribution in [0.2, 0.25) is 0 Å². The summed E-state index contributed by atoms with van der Waals surface area (Å²) < 4.78 is 39.8. The quantitative estimate of drug-likeness (QED) is 0.857. The van der Waals surface area contributed by atoms with Crippen LogP contribution in [-0.4, -0.2) is 59.1 Å². The number of β-amino-alcohol motifs (C(OH)–C–C–N with tert-alkyl or cyclic N) is 1. The molecular weight excluding hydrogens is 339 g/mol. The molecule has 1 aromatic carbocycles. The Kier molecular flexibility index (Phi) is 4.70. The second-order valence-corrected chi connectivity index (χ2v) is 6.20. The van der Waals surface area contributed by atoms with Gasteiger partial charge in [-0.1, -0.05) is 18.2 Å². The Hall–Kier alpha value is -2.13. The number of imide groups is 1. The molecule has 2 saturated heterocycles. The van der Waals surface area contributed by atoms with Crippen molar-refractivity contribution in [3.8, 4) is 0 Å². The zero-order valence-corrected chi connectivity index (χ0v) is 13.3. The van der Waals surface area contributed by atoms with Gasteiger partial charge >= 0.3 is 12.2 Å². The lowest BCUT2D eigenvalue weighted by Gasteiger charge is -2.27. The summed E-state index contributed by atoms with van der Waals surface area (Å²) in [5.41, 5.74) is -0.740. The first-order valence-electron chi connectivity index (χ1n) is 7.94.